The highest BCUT2D eigenvalue weighted by atomic mass is 32.2. The van der Waals surface area contributed by atoms with E-state index in [9.17, 15) is 19.5 Å². The fourth-order valence-electron chi connectivity index (χ4n) is 7.15. The average Bonchev–Trinajstić information content (AvgIpc) is 3.57. The number of nitrogens with zero attached hydrogens (tertiary/aromatic N) is 2. The average molecular weight is 577 g/mol. The van der Waals surface area contributed by atoms with Gasteiger partial charge in [-0.3, -0.25) is 14.4 Å². The molecule has 3 aliphatic heterocycles. The molecule has 6 atom stereocenters. The van der Waals surface area contributed by atoms with Gasteiger partial charge in [0.25, 0.3) is 5.91 Å². The number of aliphatic hydroxyl groups is 1. The van der Waals surface area contributed by atoms with Crippen LogP contribution in [0.4, 0.5) is 5.69 Å². The van der Waals surface area contributed by atoms with Crippen LogP contribution in [0.25, 0.3) is 10.8 Å². The Hall–Kier alpha value is -3.10. The topological polar surface area (TPSA) is 87.2 Å². The Morgan fingerprint density at radius 1 is 1.15 bits per heavy atom. The highest BCUT2D eigenvalue weighted by Gasteiger charge is 2.76. The Bertz CT molecular complexity index is 1330. The van der Waals surface area contributed by atoms with Gasteiger partial charge in [0, 0.05) is 30.6 Å². The van der Waals surface area contributed by atoms with E-state index in [1.807, 2.05) is 48.5 Å². The fourth-order valence-corrected chi connectivity index (χ4v) is 9.56. The molecule has 3 unspecified atom stereocenters. The van der Waals surface area contributed by atoms with E-state index in [0.29, 0.717) is 13.0 Å². The number of ether oxygens (including phenoxy) is 1. The van der Waals surface area contributed by atoms with Crippen molar-refractivity contribution in [2.24, 2.45) is 17.8 Å². The summed E-state index contributed by atoms with van der Waals surface area (Å²) in [6, 6.07) is 13.2. The quantitative estimate of drug-likeness (QED) is 0.206. The zero-order valence-electron chi connectivity index (χ0n) is 23.7. The lowest BCUT2D eigenvalue weighted by molar-refractivity contribution is -0.154. The SMILES string of the molecule is C=CCCCCOC(=O)[C@@H]1[C@@H]2CC(C)C3(S2)C(C(=O)N(CC=C)c2ccc4ccccc4c2)N(CCCO)C(=O)[C@H]13. The number of hydrogen-bond acceptors (Lipinski definition) is 6. The second-order valence-corrected chi connectivity index (χ2v) is 12.9. The van der Waals surface area contributed by atoms with Gasteiger partial charge >= 0.3 is 5.97 Å². The number of esters is 1. The van der Waals surface area contributed by atoms with Crippen molar-refractivity contribution in [2.75, 3.05) is 31.2 Å². The Balaban J connectivity index is 1.50. The molecule has 1 N–H and O–H groups in total. The number of fused-ring (bicyclic) bond motifs is 2. The summed E-state index contributed by atoms with van der Waals surface area (Å²) in [5.74, 6) is -1.83. The number of allylic oxidation sites excluding steroid dienone is 1. The van der Waals surface area contributed by atoms with Crippen LogP contribution in [-0.2, 0) is 19.1 Å². The minimum atomic E-state index is -0.756. The predicted molar refractivity (Wildman–Crippen MR) is 164 cm³/mol. The smallest absolute Gasteiger partial charge is 0.310 e. The van der Waals surface area contributed by atoms with Gasteiger partial charge < -0.3 is 19.6 Å². The van der Waals surface area contributed by atoms with E-state index in [1.54, 1.807) is 27.6 Å². The normalized spacial score (nSPS) is 28.1. The van der Waals surface area contributed by atoms with Crippen LogP contribution in [0.3, 0.4) is 0 Å². The number of rotatable bonds is 13. The van der Waals surface area contributed by atoms with Crippen molar-refractivity contribution in [1.29, 1.82) is 0 Å². The van der Waals surface area contributed by atoms with Gasteiger partial charge in [-0.05, 0) is 60.9 Å². The molecule has 2 bridgehead atoms. The van der Waals surface area contributed by atoms with E-state index in [-0.39, 0.29) is 48.6 Å². The van der Waals surface area contributed by atoms with Gasteiger partial charge in [-0.15, -0.1) is 24.9 Å². The van der Waals surface area contributed by atoms with Crippen LogP contribution in [0.2, 0.25) is 0 Å². The number of anilines is 1. The van der Waals surface area contributed by atoms with Gasteiger partial charge in [0.05, 0.1) is 23.2 Å². The molecular weight excluding hydrogens is 536 g/mol. The maximum absolute atomic E-state index is 14.7. The van der Waals surface area contributed by atoms with Crippen LogP contribution in [0.1, 0.15) is 39.0 Å². The van der Waals surface area contributed by atoms with Crippen molar-refractivity contribution >= 4 is 46.0 Å². The van der Waals surface area contributed by atoms with Crippen LogP contribution >= 0.6 is 11.8 Å². The number of likely N-dealkylation sites (tertiary alicyclic amines) is 1. The van der Waals surface area contributed by atoms with Crippen molar-refractivity contribution in [2.45, 2.75) is 55.1 Å². The van der Waals surface area contributed by atoms with Crippen molar-refractivity contribution < 1.29 is 24.2 Å². The first-order valence-electron chi connectivity index (χ1n) is 14.7. The number of aliphatic hydroxyl groups excluding tert-OH is 1. The summed E-state index contributed by atoms with van der Waals surface area (Å²) in [5, 5.41) is 11.7. The molecule has 0 saturated carbocycles. The minimum Gasteiger partial charge on any atom is -0.465 e. The fraction of sp³-hybridized carbons (Fsp3) is 0.485. The first-order valence-corrected chi connectivity index (χ1v) is 15.5. The highest BCUT2D eigenvalue weighted by molar-refractivity contribution is 8.02. The number of carbonyl (C=O) groups excluding carboxylic acids is 3. The molecule has 3 aliphatic rings. The predicted octanol–water partition coefficient (Wildman–Crippen LogP) is 4.98. The molecule has 2 aromatic rings. The summed E-state index contributed by atoms with van der Waals surface area (Å²) in [7, 11) is 0. The molecule has 3 fully saturated rings. The Morgan fingerprint density at radius 2 is 1.93 bits per heavy atom. The number of thioether (sulfide) groups is 1. The molecule has 5 rings (SSSR count). The van der Waals surface area contributed by atoms with E-state index in [2.05, 4.69) is 20.1 Å². The number of benzene rings is 2. The lowest BCUT2D eigenvalue weighted by Crippen LogP contribution is -2.57. The standard InChI is InChI=1S/C33H40N2O5S/c1-4-6-7-10-19-40-32(39)27-26-20-22(3)33(41-26)28(27)30(37)35(17-11-18-36)29(33)31(38)34(16-5-2)25-15-14-23-12-8-9-13-24(23)21-25/h4-5,8-9,12-15,21-22,26-29,36H,1-2,6-7,10-11,16-20H2,3H3/t22?,26-,27+,28-,29?,33?/m0/s1. The molecule has 2 amide bonds. The van der Waals surface area contributed by atoms with Crippen molar-refractivity contribution in [3.8, 4) is 0 Å². The first kappa shape index (κ1) is 29.4. The molecule has 0 aliphatic carbocycles. The van der Waals surface area contributed by atoms with Crippen LogP contribution in [0.15, 0.2) is 67.8 Å². The third-order valence-electron chi connectivity index (χ3n) is 8.98. The highest BCUT2D eigenvalue weighted by Crippen LogP contribution is 2.68. The number of hydrogen-bond donors (Lipinski definition) is 1. The summed E-state index contributed by atoms with van der Waals surface area (Å²) >= 11 is 1.64. The molecular formula is C33H40N2O5S. The molecule has 218 valence electrons. The van der Waals surface area contributed by atoms with E-state index in [0.717, 1.165) is 42.1 Å². The lowest BCUT2D eigenvalue weighted by atomic mass is 9.66. The Labute approximate surface area is 246 Å². The zero-order valence-corrected chi connectivity index (χ0v) is 24.6. The monoisotopic (exact) mass is 576 g/mol. The van der Waals surface area contributed by atoms with Crippen LogP contribution in [-0.4, -0.2) is 70.1 Å². The summed E-state index contributed by atoms with van der Waals surface area (Å²) in [4.78, 5) is 45.7. The maximum atomic E-state index is 14.7. The molecule has 3 heterocycles. The largest absolute Gasteiger partial charge is 0.465 e. The second-order valence-electron chi connectivity index (χ2n) is 11.4. The molecule has 7 nitrogen and oxygen atoms in total. The molecule has 41 heavy (non-hydrogen) atoms. The van der Waals surface area contributed by atoms with Crippen molar-refractivity contribution in [1.82, 2.24) is 4.90 Å². The molecule has 0 radical (unpaired) electrons. The third kappa shape index (κ3) is 5.10. The molecule has 2 aromatic carbocycles. The van der Waals surface area contributed by atoms with E-state index in [4.69, 9.17) is 4.74 Å². The number of carbonyl (C=O) groups is 3. The van der Waals surface area contributed by atoms with Gasteiger partial charge in [-0.1, -0.05) is 49.4 Å². The second kappa shape index (κ2) is 12.4. The van der Waals surface area contributed by atoms with E-state index < -0.39 is 22.6 Å². The van der Waals surface area contributed by atoms with Gasteiger partial charge in [0.1, 0.15) is 6.04 Å². The van der Waals surface area contributed by atoms with Gasteiger partial charge in [0.2, 0.25) is 5.91 Å². The summed E-state index contributed by atoms with van der Waals surface area (Å²) in [5.41, 5.74) is 0.740. The molecule has 0 aromatic heterocycles. The van der Waals surface area contributed by atoms with Gasteiger partial charge in [0.15, 0.2) is 0 Å². The van der Waals surface area contributed by atoms with Crippen LogP contribution < -0.4 is 4.90 Å². The molecule has 3 saturated heterocycles. The Morgan fingerprint density at radius 3 is 2.66 bits per heavy atom. The zero-order chi connectivity index (χ0) is 29.1. The molecule has 1 spiro atoms. The van der Waals surface area contributed by atoms with Crippen molar-refractivity contribution in [3.63, 3.8) is 0 Å². The van der Waals surface area contributed by atoms with Crippen LogP contribution in [0.5, 0.6) is 0 Å². The summed E-state index contributed by atoms with van der Waals surface area (Å²) in [6.07, 6.45) is 7.16. The summed E-state index contributed by atoms with van der Waals surface area (Å²) in [6.45, 7) is 10.5. The molecule has 8 heteroatoms. The van der Waals surface area contributed by atoms with Gasteiger partial charge in [-0.25, -0.2) is 0 Å². The number of unbranched alkanes of at least 4 members (excludes halogenated alkanes) is 2. The number of amides is 2. The first-order chi connectivity index (χ1) is 19.9. The Kier molecular flexibility index (Phi) is 8.90. The van der Waals surface area contributed by atoms with E-state index in [1.165, 1.54) is 0 Å². The van der Waals surface area contributed by atoms with Gasteiger partial charge in [-0.2, -0.15) is 0 Å². The maximum Gasteiger partial charge on any atom is 0.310 e. The lowest BCUT2D eigenvalue weighted by Gasteiger charge is -2.40. The van der Waals surface area contributed by atoms with Crippen LogP contribution in [0, 0.1) is 17.8 Å². The third-order valence-corrected chi connectivity index (χ3v) is 11.1. The van der Waals surface area contributed by atoms with Crippen molar-refractivity contribution in [3.05, 3.63) is 67.8 Å². The minimum absolute atomic E-state index is 0.0540. The van der Waals surface area contributed by atoms with E-state index >= 15 is 0 Å². The summed E-state index contributed by atoms with van der Waals surface area (Å²) < 4.78 is 4.98.